The molecule has 14 heavy (non-hydrogen) atoms. The minimum atomic E-state index is 0.124. The summed E-state index contributed by atoms with van der Waals surface area (Å²) in [6.07, 6.45) is 1.09. The third-order valence-corrected chi connectivity index (χ3v) is 2.09. The molecule has 0 aromatic heterocycles. The van der Waals surface area contributed by atoms with Crippen LogP contribution in [0.25, 0.3) is 0 Å². The monoisotopic (exact) mass is 201 g/mol. The first-order chi connectivity index (χ1) is 6.74. The zero-order valence-corrected chi connectivity index (χ0v) is 9.60. The maximum atomic E-state index is 11.3. The summed E-state index contributed by atoms with van der Waals surface area (Å²) in [5, 5.41) is 5.90. The first kappa shape index (κ1) is 13.4. The van der Waals surface area contributed by atoms with Crippen molar-refractivity contribution < 1.29 is 4.79 Å². The van der Waals surface area contributed by atoms with Crippen molar-refractivity contribution in [2.45, 2.75) is 20.3 Å². The van der Waals surface area contributed by atoms with E-state index in [2.05, 4.69) is 22.5 Å². The van der Waals surface area contributed by atoms with Crippen LogP contribution in [-0.4, -0.2) is 50.6 Å². The Balaban J connectivity index is 3.61. The smallest absolute Gasteiger partial charge is 0.234 e. The zero-order chi connectivity index (χ0) is 10.8. The molecule has 0 aromatic carbocycles. The van der Waals surface area contributed by atoms with E-state index in [4.69, 9.17) is 0 Å². The van der Waals surface area contributed by atoms with Gasteiger partial charge >= 0.3 is 0 Å². The number of amides is 1. The SMILES string of the molecule is CCNC(=O)CN(CC)CCCNC. The van der Waals surface area contributed by atoms with Crippen LogP contribution in [-0.2, 0) is 4.79 Å². The van der Waals surface area contributed by atoms with Crippen LogP contribution in [0.15, 0.2) is 0 Å². The number of carbonyl (C=O) groups is 1. The average Bonchev–Trinajstić information content (AvgIpc) is 2.17. The molecule has 0 saturated carbocycles. The number of nitrogens with zero attached hydrogens (tertiary/aromatic N) is 1. The molecule has 0 fully saturated rings. The van der Waals surface area contributed by atoms with Crippen LogP contribution in [0, 0.1) is 0 Å². The van der Waals surface area contributed by atoms with Gasteiger partial charge in [0.15, 0.2) is 0 Å². The van der Waals surface area contributed by atoms with E-state index in [1.54, 1.807) is 0 Å². The molecular weight excluding hydrogens is 178 g/mol. The molecule has 1 amide bonds. The number of likely N-dealkylation sites (N-methyl/N-ethyl adjacent to an activating group) is 2. The van der Waals surface area contributed by atoms with Crippen molar-refractivity contribution in [2.24, 2.45) is 0 Å². The second-order valence-corrected chi connectivity index (χ2v) is 3.28. The fourth-order valence-corrected chi connectivity index (χ4v) is 1.28. The molecule has 4 heteroatoms. The highest BCUT2D eigenvalue weighted by atomic mass is 16.2. The Bertz CT molecular complexity index is 150. The van der Waals surface area contributed by atoms with E-state index in [1.807, 2.05) is 14.0 Å². The first-order valence-corrected chi connectivity index (χ1v) is 5.38. The normalized spacial score (nSPS) is 10.6. The largest absolute Gasteiger partial charge is 0.355 e. The molecule has 0 atom stereocenters. The summed E-state index contributed by atoms with van der Waals surface area (Å²) in [7, 11) is 1.94. The minimum absolute atomic E-state index is 0.124. The second kappa shape index (κ2) is 8.97. The zero-order valence-electron chi connectivity index (χ0n) is 9.60. The lowest BCUT2D eigenvalue weighted by atomic mass is 10.3. The molecule has 0 unspecified atom stereocenters. The molecule has 0 aliphatic carbocycles. The standard InChI is InChI=1S/C10H23N3O/c1-4-12-10(14)9-13(5-2)8-6-7-11-3/h11H,4-9H2,1-3H3,(H,12,14). The second-order valence-electron chi connectivity index (χ2n) is 3.28. The van der Waals surface area contributed by atoms with Gasteiger partial charge in [0, 0.05) is 6.54 Å². The highest BCUT2D eigenvalue weighted by molar-refractivity contribution is 5.77. The maximum absolute atomic E-state index is 11.3. The summed E-state index contributed by atoms with van der Waals surface area (Å²) in [6, 6.07) is 0. The molecule has 84 valence electrons. The highest BCUT2D eigenvalue weighted by Gasteiger charge is 2.06. The summed E-state index contributed by atoms with van der Waals surface area (Å²) in [5.41, 5.74) is 0. The van der Waals surface area contributed by atoms with E-state index in [1.165, 1.54) is 0 Å². The molecule has 0 rings (SSSR count). The summed E-state index contributed by atoms with van der Waals surface area (Å²) in [5.74, 6) is 0.124. The van der Waals surface area contributed by atoms with Gasteiger partial charge in [-0.2, -0.15) is 0 Å². The molecule has 0 spiro atoms. The van der Waals surface area contributed by atoms with Crippen molar-refractivity contribution in [3.8, 4) is 0 Å². The summed E-state index contributed by atoms with van der Waals surface area (Å²) in [4.78, 5) is 13.4. The van der Waals surface area contributed by atoms with Crippen LogP contribution in [0.5, 0.6) is 0 Å². The Labute approximate surface area is 87.0 Å². The van der Waals surface area contributed by atoms with Gasteiger partial charge in [0.05, 0.1) is 6.54 Å². The van der Waals surface area contributed by atoms with Crippen LogP contribution < -0.4 is 10.6 Å². The van der Waals surface area contributed by atoms with Crippen LogP contribution in [0.1, 0.15) is 20.3 Å². The topological polar surface area (TPSA) is 44.4 Å². The Morgan fingerprint density at radius 3 is 2.57 bits per heavy atom. The van der Waals surface area contributed by atoms with Gasteiger partial charge in [-0.15, -0.1) is 0 Å². The molecule has 0 aliphatic rings. The molecule has 0 aromatic rings. The van der Waals surface area contributed by atoms with Crippen molar-refractivity contribution in [2.75, 3.05) is 39.8 Å². The van der Waals surface area contributed by atoms with Gasteiger partial charge in [-0.3, -0.25) is 9.69 Å². The quantitative estimate of drug-likeness (QED) is 0.546. The van der Waals surface area contributed by atoms with Crippen LogP contribution in [0.2, 0.25) is 0 Å². The Morgan fingerprint density at radius 1 is 1.36 bits per heavy atom. The lowest BCUT2D eigenvalue weighted by Crippen LogP contribution is -2.38. The summed E-state index contributed by atoms with van der Waals surface area (Å²) >= 11 is 0. The van der Waals surface area contributed by atoms with Gasteiger partial charge < -0.3 is 10.6 Å². The summed E-state index contributed by atoms with van der Waals surface area (Å²) < 4.78 is 0. The van der Waals surface area contributed by atoms with Crippen molar-refractivity contribution in [3.05, 3.63) is 0 Å². The average molecular weight is 201 g/mol. The van der Waals surface area contributed by atoms with E-state index in [0.29, 0.717) is 13.1 Å². The maximum Gasteiger partial charge on any atom is 0.234 e. The molecule has 0 aliphatic heterocycles. The Hall–Kier alpha value is -0.610. The highest BCUT2D eigenvalue weighted by Crippen LogP contribution is 1.90. The predicted molar refractivity (Wildman–Crippen MR) is 59.3 cm³/mol. The van der Waals surface area contributed by atoms with Gasteiger partial charge in [0.1, 0.15) is 0 Å². The molecule has 0 saturated heterocycles. The number of rotatable bonds is 8. The minimum Gasteiger partial charge on any atom is -0.355 e. The van der Waals surface area contributed by atoms with E-state index < -0.39 is 0 Å². The van der Waals surface area contributed by atoms with Crippen molar-refractivity contribution in [1.29, 1.82) is 0 Å². The summed E-state index contributed by atoms with van der Waals surface area (Å²) in [6.45, 7) is 8.18. The number of hydrogen-bond donors (Lipinski definition) is 2. The molecular formula is C10H23N3O. The molecule has 4 nitrogen and oxygen atoms in total. The fraction of sp³-hybridized carbons (Fsp3) is 0.900. The van der Waals surface area contributed by atoms with Gasteiger partial charge in [-0.1, -0.05) is 6.92 Å². The molecule has 0 bridgehead atoms. The van der Waals surface area contributed by atoms with Crippen LogP contribution in [0.3, 0.4) is 0 Å². The Morgan fingerprint density at radius 2 is 2.07 bits per heavy atom. The van der Waals surface area contributed by atoms with E-state index in [-0.39, 0.29) is 5.91 Å². The Kier molecular flexibility index (Phi) is 8.57. The van der Waals surface area contributed by atoms with Gasteiger partial charge in [0.25, 0.3) is 0 Å². The fourth-order valence-electron chi connectivity index (χ4n) is 1.28. The van der Waals surface area contributed by atoms with Gasteiger partial charge in [-0.25, -0.2) is 0 Å². The van der Waals surface area contributed by atoms with E-state index in [0.717, 1.165) is 26.1 Å². The van der Waals surface area contributed by atoms with E-state index >= 15 is 0 Å². The molecule has 2 N–H and O–H groups in total. The van der Waals surface area contributed by atoms with Crippen molar-refractivity contribution >= 4 is 5.91 Å². The van der Waals surface area contributed by atoms with Crippen molar-refractivity contribution in [1.82, 2.24) is 15.5 Å². The van der Waals surface area contributed by atoms with E-state index in [9.17, 15) is 4.79 Å². The predicted octanol–water partition coefficient (Wildman–Crippen LogP) is 0.0539. The third kappa shape index (κ3) is 6.86. The first-order valence-electron chi connectivity index (χ1n) is 5.38. The number of carbonyl (C=O) groups excluding carboxylic acids is 1. The lowest BCUT2D eigenvalue weighted by Gasteiger charge is -2.19. The van der Waals surface area contributed by atoms with Gasteiger partial charge in [0.2, 0.25) is 5.91 Å². The molecule has 0 radical (unpaired) electrons. The molecule has 0 heterocycles. The van der Waals surface area contributed by atoms with Crippen LogP contribution in [0.4, 0.5) is 0 Å². The van der Waals surface area contributed by atoms with Crippen molar-refractivity contribution in [3.63, 3.8) is 0 Å². The van der Waals surface area contributed by atoms with Gasteiger partial charge in [-0.05, 0) is 40.0 Å². The van der Waals surface area contributed by atoms with Crippen LogP contribution >= 0.6 is 0 Å². The number of nitrogens with one attached hydrogen (secondary N) is 2. The third-order valence-electron chi connectivity index (χ3n) is 2.09. The lowest BCUT2D eigenvalue weighted by molar-refractivity contribution is -0.122. The number of hydrogen-bond acceptors (Lipinski definition) is 3.